The van der Waals surface area contributed by atoms with Crippen LogP contribution >= 0.6 is 22.7 Å². The second kappa shape index (κ2) is 4.25. The Hall–Kier alpha value is -1.18. The Morgan fingerprint density at radius 1 is 1.35 bits per heavy atom. The minimum atomic E-state index is -0.453. The van der Waals surface area contributed by atoms with Crippen molar-refractivity contribution in [3.63, 3.8) is 0 Å². The summed E-state index contributed by atoms with van der Waals surface area (Å²) in [5.41, 5.74) is 1.78. The number of thiazole rings is 1. The monoisotopic (exact) mass is 262 g/mol. The maximum Gasteiger partial charge on any atom is 0.134 e. The number of thiophene rings is 1. The molecule has 0 aliphatic heterocycles. The lowest BCUT2D eigenvalue weighted by Crippen LogP contribution is -2.13. The molecular formula is C13H14N2S2. The zero-order valence-corrected chi connectivity index (χ0v) is 12.0. The molecule has 2 heterocycles. The van der Waals surface area contributed by atoms with Crippen LogP contribution in [0.3, 0.4) is 0 Å². The Kier molecular flexibility index (Phi) is 3.07. The summed E-state index contributed by atoms with van der Waals surface area (Å²) in [5, 5.41) is 12.3. The molecule has 88 valence electrons. The summed E-state index contributed by atoms with van der Waals surface area (Å²) in [6, 6.07) is 4.45. The van der Waals surface area contributed by atoms with Gasteiger partial charge >= 0.3 is 0 Å². The predicted molar refractivity (Wildman–Crippen MR) is 73.5 cm³/mol. The van der Waals surface area contributed by atoms with Crippen LogP contribution in [0.5, 0.6) is 0 Å². The van der Waals surface area contributed by atoms with Gasteiger partial charge in [-0.3, -0.25) is 0 Å². The van der Waals surface area contributed by atoms with Crippen LogP contribution in [0.2, 0.25) is 0 Å². The first-order chi connectivity index (χ1) is 7.95. The molecule has 0 atom stereocenters. The summed E-state index contributed by atoms with van der Waals surface area (Å²) in [5.74, 6) is 0. The van der Waals surface area contributed by atoms with Crippen molar-refractivity contribution in [1.82, 2.24) is 4.98 Å². The molecular weight excluding hydrogens is 248 g/mol. The third kappa shape index (κ3) is 2.13. The van der Waals surface area contributed by atoms with E-state index in [0.29, 0.717) is 0 Å². The van der Waals surface area contributed by atoms with Crippen molar-refractivity contribution >= 4 is 22.7 Å². The maximum absolute atomic E-state index is 9.20. The SMILES string of the molecule is Cc1ccsc1-c1nc(C)c(C(C)(C)C#N)s1. The van der Waals surface area contributed by atoms with E-state index in [2.05, 4.69) is 29.4 Å². The van der Waals surface area contributed by atoms with Crippen LogP contribution in [0.1, 0.15) is 30.0 Å². The average Bonchev–Trinajstić information content (AvgIpc) is 2.84. The van der Waals surface area contributed by atoms with E-state index in [1.807, 2.05) is 20.8 Å². The molecule has 0 unspecified atom stereocenters. The molecule has 0 spiro atoms. The Labute approximate surface area is 110 Å². The predicted octanol–water partition coefficient (Wildman–Crippen LogP) is 4.29. The van der Waals surface area contributed by atoms with Gasteiger partial charge in [0.25, 0.3) is 0 Å². The van der Waals surface area contributed by atoms with Crippen LogP contribution in [0.25, 0.3) is 9.88 Å². The number of aromatic nitrogens is 1. The first kappa shape index (κ1) is 12.3. The van der Waals surface area contributed by atoms with Crippen molar-refractivity contribution < 1.29 is 0 Å². The van der Waals surface area contributed by atoms with E-state index in [1.54, 1.807) is 22.7 Å². The molecule has 17 heavy (non-hydrogen) atoms. The van der Waals surface area contributed by atoms with Crippen molar-refractivity contribution in [3.8, 4) is 16.0 Å². The van der Waals surface area contributed by atoms with Crippen LogP contribution in [0.15, 0.2) is 11.4 Å². The van der Waals surface area contributed by atoms with E-state index in [0.717, 1.165) is 15.6 Å². The minimum Gasteiger partial charge on any atom is -0.240 e. The highest BCUT2D eigenvalue weighted by molar-refractivity contribution is 7.21. The number of aryl methyl sites for hydroxylation is 2. The molecule has 0 fully saturated rings. The molecule has 0 radical (unpaired) electrons. The van der Waals surface area contributed by atoms with Crippen molar-refractivity contribution in [2.75, 3.05) is 0 Å². The third-order valence-corrected chi connectivity index (χ3v) is 5.35. The lowest BCUT2D eigenvalue weighted by Gasteiger charge is -2.12. The van der Waals surface area contributed by atoms with E-state index in [4.69, 9.17) is 0 Å². The molecule has 2 rings (SSSR count). The quantitative estimate of drug-likeness (QED) is 0.809. The van der Waals surface area contributed by atoms with Crippen molar-refractivity contribution in [3.05, 3.63) is 27.6 Å². The lowest BCUT2D eigenvalue weighted by atomic mass is 9.93. The summed E-state index contributed by atoms with van der Waals surface area (Å²) in [7, 11) is 0. The molecule has 0 aliphatic rings. The summed E-state index contributed by atoms with van der Waals surface area (Å²) in [4.78, 5) is 6.90. The van der Waals surface area contributed by atoms with Gasteiger partial charge in [-0.05, 0) is 44.7 Å². The summed E-state index contributed by atoms with van der Waals surface area (Å²) in [6.45, 7) is 7.96. The molecule has 2 nitrogen and oxygen atoms in total. The van der Waals surface area contributed by atoms with Crippen LogP contribution in [0.4, 0.5) is 0 Å². The minimum absolute atomic E-state index is 0.453. The Morgan fingerprint density at radius 3 is 2.59 bits per heavy atom. The fourth-order valence-electron chi connectivity index (χ4n) is 1.72. The van der Waals surface area contributed by atoms with Gasteiger partial charge in [0.1, 0.15) is 5.01 Å². The number of nitrogens with zero attached hydrogens (tertiary/aromatic N) is 2. The van der Waals surface area contributed by atoms with E-state index in [9.17, 15) is 5.26 Å². The lowest BCUT2D eigenvalue weighted by molar-refractivity contribution is 0.695. The molecule has 0 amide bonds. The second-order valence-corrected chi connectivity index (χ2v) is 6.52. The zero-order chi connectivity index (χ0) is 12.6. The van der Waals surface area contributed by atoms with Crippen LogP contribution in [-0.2, 0) is 5.41 Å². The van der Waals surface area contributed by atoms with Gasteiger partial charge in [0.15, 0.2) is 0 Å². The average molecular weight is 262 g/mol. The van der Waals surface area contributed by atoms with Gasteiger partial charge < -0.3 is 0 Å². The fourth-order valence-corrected chi connectivity index (χ4v) is 3.92. The first-order valence-electron chi connectivity index (χ1n) is 5.39. The normalized spacial score (nSPS) is 11.5. The van der Waals surface area contributed by atoms with Crippen LogP contribution in [-0.4, -0.2) is 4.98 Å². The van der Waals surface area contributed by atoms with Crippen molar-refractivity contribution in [2.45, 2.75) is 33.1 Å². The van der Waals surface area contributed by atoms with E-state index < -0.39 is 5.41 Å². The standard InChI is InChI=1S/C13H14N2S2/c1-8-5-6-16-10(8)12-15-9(2)11(17-12)13(3,4)7-14/h5-6H,1-4H3. The summed E-state index contributed by atoms with van der Waals surface area (Å²) in [6.07, 6.45) is 0. The highest BCUT2D eigenvalue weighted by Gasteiger charge is 2.26. The van der Waals surface area contributed by atoms with Crippen LogP contribution < -0.4 is 0 Å². The number of nitriles is 1. The molecule has 0 aliphatic carbocycles. The molecule has 0 saturated carbocycles. The summed E-state index contributed by atoms with van der Waals surface area (Å²) >= 11 is 3.35. The van der Waals surface area contributed by atoms with Crippen molar-refractivity contribution in [2.24, 2.45) is 0 Å². The van der Waals surface area contributed by atoms with Gasteiger partial charge in [-0.1, -0.05) is 0 Å². The number of hydrogen-bond donors (Lipinski definition) is 0. The Balaban J connectivity index is 2.53. The van der Waals surface area contributed by atoms with Crippen molar-refractivity contribution in [1.29, 1.82) is 5.26 Å². The molecule has 2 aromatic heterocycles. The van der Waals surface area contributed by atoms with Gasteiger partial charge in [0.05, 0.1) is 22.1 Å². The first-order valence-corrected chi connectivity index (χ1v) is 7.09. The molecule has 0 aromatic carbocycles. The van der Waals surface area contributed by atoms with E-state index in [-0.39, 0.29) is 0 Å². The van der Waals surface area contributed by atoms with Crippen LogP contribution in [0, 0.1) is 25.2 Å². The molecule has 0 N–H and O–H groups in total. The highest BCUT2D eigenvalue weighted by Crippen LogP contribution is 2.38. The summed E-state index contributed by atoms with van der Waals surface area (Å²) < 4.78 is 0. The van der Waals surface area contributed by atoms with Gasteiger partial charge in [-0.2, -0.15) is 5.26 Å². The molecule has 4 heteroatoms. The van der Waals surface area contributed by atoms with Gasteiger partial charge in [-0.15, -0.1) is 22.7 Å². The van der Waals surface area contributed by atoms with Gasteiger partial charge in [0.2, 0.25) is 0 Å². The smallest absolute Gasteiger partial charge is 0.134 e. The Morgan fingerprint density at radius 2 is 2.06 bits per heavy atom. The van der Waals surface area contributed by atoms with Gasteiger partial charge in [0, 0.05) is 4.88 Å². The second-order valence-electron chi connectivity index (χ2n) is 4.60. The third-order valence-electron chi connectivity index (χ3n) is 2.70. The van der Waals surface area contributed by atoms with Gasteiger partial charge in [-0.25, -0.2) is 4.98 Å². The van der Waals surface area contributed by atoms with E-state index in [1.165, 1.54) is 10.4 Å². The molecule has 2 aromatic rings. The number of rotatable bonds is 2. The molecule has 0 bridgehead atoms. The number of hydrogen-bond acceptors (Lipinski definition) is 4. The largest absolute Gasteiger partial charge is 0.240 e. The maximum atomic E-state index is 9.20. The Bertz CT molecular complexity index is 585. The topological polar surface area (TPSA) is 36.7 Å². The molecule has 0 saturated heterocycles. The zero-order valence-electron chi connectivity index (χ0n) is 10.4. The fraction of sp³-hybridized carbons (Fsp3) is 0.385. The van der Waals surface area contributed by atoms with E-state index >= 15 is 0 Å². The highest BCUT2D eigenvalue weighted by atomic mass is 32.1.